The molecule has 25 heavy (non-hydrogen) atoms. The molecule has 0 aliphatic rings. The summed E-state index contributed by atoms with van der Waals surface area (Å²) in [7, 11) is 1.62. The first-order valence-corrected chi connectivity index (χ1v) is 9.05. The van der Waals surface area contributed by atoms with Gasteiger partial charge in [0.1, 0.15) is 12.4 Å². The summed E-state index contributed by atoms with van der Waals surface area (Å²) in [5, 5.41) is 2.37. The van der Waals surface area contributed by atoms with Crippen LogP contribution < -0.4 is 4.74 Å². The van der Waals surface area contributed by atoms with Gasteiger partial charge in [0.15, 0.2) is 0 Å². The van der Waals surface area contributed by atoms with Gasteiger partial charge < -0.3 is 9.47 Å². The first-order chi connectivity index (χ1) is 12.2. The molecule has 0 aliphatic heterocycles. The van der Waals surface area contributed by atoms with Crippen LogP contribution in [0.15, 0.2) is 65.6 Å². The van der Waals surface area contributed by atoms with Gasteiger partial charge in [0.25, 0.3) is 0 Å². The Morgan fingerprint density at radius 2 is 1.80 bits per heavy atom. The Morgan fingerprint density at radius 3 is 2.60 bits per heavy atom. The Morgan fingerprint density at radius 1 is 1.00 bits per heavy atom. The number of carbonyl (C=O) groups is 1. The van der Waals surface area contributed by atoms with Crippen molar-refractivity contribution in [2.75, 3.05) is 12.9 Å². The lowest BCUT2D eigenvalue weighted by atomic mass is 10.1. The number of ether oxygens (including phenoxy) is 2. The maximum atomic E-state index is 12.1. The number of rotatable bonds is 6. The van der Waals surface area contributed by atoms with Gasteiger partial charge in [0, 0.05) is 10.5 Å². The van der Waals surface area contributed by atoms with Crippen molar-refractivity contribution in [3.8, 4) is 5.75 Å². The predicted octanol–water partition coefficient (Wildman–Crippen LogP) is 4.99. The van der Waals surface area contributed by atoms with Gasteiger partial charge in [-0.25, -0.2) is 0 Å². The molecule has 0 atom stereocenters. The Labute approximate surface area is 152 Å². The zero-order valence-electron chi connectivity index (χ0n) is 14.3. The summed E-state index contributed by atoms with van der Waals surface area (Å²) >= 11 is 1.49. The van der Waals surface area contributed by atoms with Crippen LogP contribution in [-0.4, -0.2) is 18.8 Å². The third kappa shape index (κ3) is 4.54. The fraction of sp³-hybridized carbons (Fsp3) is 0.190. The molecule has 3 rings (SSSR count). The summed E-state index contributed by atoms with van der Waals surface area (Å²) in [6.45, 7) is 2.22. The molecule has 0 N–H and O–H groups in total. The highest BCUT2D eigenvalue weighted by molar-refractivity contribution is 8.00. The molecule has 4 heteroatoms. The van der Waals surface area contributed by atoms with Gasteiger partial charge >= 0.3 is 5.97 Å². The topological polar surface area (TPSA) is 35.5 Å². The van der Waals surface area contributed by atoms with E-state index >= 15 is 0 Å². The van der Waals surface area contributed by atoms with Crippen molar-refractivity contribution >= 4 is 28.5 Å². The molecule has 0 unspecified atom stereocenters. The highest BCUT2D eigenvalue weighted by Crippen LogP contribution is 2.24. The lowest BCUT2D eigenvalue weighted by Crippen LogP contribution is -2.08. The minimum Gasteiger partial charge on any atom is -0.496 e. The molecule has 0 heterocycles. The van der Waals surface area contributed by atoms with Crippen LogP contribution in [0.2, 0.25) is 0 Å². The summed E-state index contributed by atoms with van der Waals surface area (Å²) < 4.78 is 10.7. The maximum absolute atomic E-state index is 12.1. The van der Waals surface area contributed by atoms with Crippen molar-refractivity contribution in [2.24, 2.45) is 0 Å². The molecule has 0 fully saturated rings. The predicted molar refractivity (Wildman–Crippen MR) is 102 cm³/mol. The SMILES string of the molecule is COc1ccc(C)cc1COC(=O)CSc1ccc2ccccc2c1. The molecule has 0 radical (unpaired) electrons. The molecule has 3 aromatic rings. The Hall–Kier alpha value is -2.46. The van der Waals surface area contributed by atoms with E-state index in [1.807, 2.05) is 43.3 Å². The van der Waals surface area contributed by atoms with E-state index in [1.165, 1.54) is 22.5 Å². The van der Waals surface area contributed by atoms with E-state index in [2.05, 4.69) is 24.3 Å². The third-order valence-corrected chi connectivity index (χ3v) is 4.87. The number of aryl methyl sites for hydroxylation is 1. The Balaban J connectivity index is 1.56. The first-order valence-electron chi connectivity index (χ1n) is 8.06. The number of thioether (sulfide) groups is 1. The van der Waals surface area contributed by atoms with E-state index in [4.69, 9.17) is 9.47 Å². The molecule has 0 saturated carbocycles. The average molecular weight is 352 g/mol. The number of esters is 1. The molecule has 3 aromatic carbocycles. The molecular weight excluding hydrogens is 332 g/mol. The van der Waals surface area contributed by atoms with Crippen LogP contribution in [-0.2, 0) is 16.1 Å². The zero-order valence-corrected chi connectivity index (χ0v) is 15.1. The molecule has 128 valence electrons. The Kier molecular flexibility index (Phi) is 5.61. The van der Waals surface area contributed by atoms with Crippen LogP contribution in [0.3, 0.4) is 0 Å². The van der Waals surface area contributed by atoms with Crippen LogP contribution in [0.25, 0.3) is 10.8 Å². The molecule has 0 aromatic heterocycles. The van der Waals surface area contributed by atoms with Crippen LogP contribution in [0.4, 0.5) is 0 Å². The molecule has 3 nitrogen and oxygen atoms in total. The number of benzene rings is 3. The van der Waals surface area contributed by atoms with Gasteiger partial charge in [-0.3, -0.25) is 4.79 Å². The number of fused-ring (bicyclic) bond motifs is 1. The van der Waals surface area contributed by atoms with Gasteiger partial charge in [-0.15, -0.1) is 11.8 Å². The van der Waals surface area contributed by atoms with Crippen molar-refractivity contribution in [2.45, 2.75) is 18.4 Å². The van der Waals surface area contributed by atoms with E-state index in [0.29, 0.717) is 0 Å². The van der Waals surface area contributed by atoms with Crippen molar-refractivity contribution in [1.82, 2.24) is 0 Å². The number of carbonyl (C=O) groups excluding carboxylic acids is 1. The lowest BCUT2D eigenvalue weighted by Gasteiger charge is -2.10. The van der Waals surface area contributed by atoms with E-state index < -0.39 is 0 Å². The highest BCUT2D eigenvalue weighted by Gasteiger charge is 2.09. The first kappa shape index (κ1) is 17.4. The van der Waals surface area contributed by atoms with Gasteiger partial charge in [-0.2, -0.15) is 0 Å². The molecular formula is C21H20O3S. The number of hydrogen-bond donors (Lipinski definition) is 0. The van der Waals surface area contributed by atoms with Gasteiger partial charge in [-0.05, 0) is 42.0 Å². The summed E-state index contributed by atoms with van der Waals surface area (Å²) in [6.07, 6.45) is 0. The van der Waals surface area contributed by atoms with E-state index in [-0.39, 0.29) is 18.3 Å². The van der Waals surface area contributed by atoms with Crippen molar-refractivity contribution in [1.29, 1.82) is 0 Å². The fourth-order valence-corrected chi connectivity index (χ4v) is 3.36. The second kappa shape index (κ2) is 8.08. The number of hydrogen-bond acceptors (Lipinski definition) is 4. The van der Waals surface area contributed by atoms with Crippen molar-refractivity contribution in [3.63, 3.8) is 0 Å². The largest absolute Gasteiger partial charge is 0.496 e. The summed E-state index contributed by atoms with van der Waals surface area (Å²) in [5.41, 5.74) is 1.99. The van der Waals surface area contributed by atoms with E-state index in [1.54, 1.807) is 7.11 Å². The maximum Gasteiger partial charge on any atom is 0.316 e. The highest BCUT2D eigenvalue weighted by atomic mass is 32.2. The summed E-state index contributed by atoms with van der Waals surface area (Å²) in [4.78, 5) is 13.1. The summed E-state index contributed by atoms with van der Waals surface area (Å²) in [6, 6.07) is 20.2. The minimum atomic E-state index is -0.235. The molecule has 0 spiro atoms. The van der Waals surface area contributed by atoms with E-state index in [0.717, 1.165) is 21.8 Å². The molecule has 0 amide bonds. The second-order valence-corrected chi connectivity index (χ2v) is 6.82. The zero-order chi connectivity index (χ0) is 17.6. The van der Waals surface area contributed by atoms with Crippen LogP contribution in [0.5, 0.6) is 5.75 Å². The normalized spacial score (nSPS) is 10.6. The van der Waals surface area contributed by atoms with Gasteiger partial charge in [0.05, 0.1) is 12.9 Å². The van der Waals surface area contributed by atoms with Crippen LogP contribution in [0.1, 0.15) is 11.1 Å². The van der Waals surface area contributed by atoms with Crippen molar-refractivity contribution < 1.29 is 14.3 Å². The third-order valence-electron chi connectivity index (χ3n) is 3.90. The Bertz CT molecular complexity index is 889. The smallest absolute Gasteiger partial charge is 0.316 e. The average Bonchev–Trinajstić information content (AvgIpc) is 2.64. The monoisotopic (exact) mass is 352 g/mol. The van der Waals surface area contributed by atoms with Crippen LogP contribution in [0, 0.1) is 6.92 Å². The molecule has 0 saturated heterocycles. The fourth-order valence-electron chi connectivity index (χ4n) is 2.62. The summed E-state index contributed by atoms with van der Waals surface area (Å²) in [5.74, 6) is 0.786. The van der Waals surface area contributed by atoms with Crippen LogP contribution >= 0.6 is 11.8 Å². The van der Waals surface area contributed by atoms with E-state index in [9.17, 15) is 4.79 Å². The molecule has 0 bridgehead atoms. The second-order valence-electron chi connectivity index (χ2n) is 5.77. The standard InChI is InChI=1S/C21H20O3S/c1-15-7-10-20(23-2)18(11-15)13-24-21(22)14-25-19-9-8-16-5-3-4-6-17(16)12-19/h3-12H,13-14H2,1-2H3. The van der Waals surface area contributed by atoms with Gasteiger partial charge in [0.2, 0.25) is 0 Å². The van der Waals surface area contributed by atoms with Gasteiger partial charge in [-0.1, -0.05) is 42.0 Å². The molecule has 0 aliphatic carbocycles. The lowest BCUT2D eigenvalue weighted by molar-refractivity contribution is -0.141. The van der Waals surface area contributed by atoms with Crippen molar-refractivity contribution in [3.05, 3.63) is 71.8 Å². The number of methoxy groups -OCH3 is 1. The quantitative estimate of drug-likeness (QED) is 0.462. The minimum absolute atomic E-state index is 0.224.